The van der Waals surface area contributed by atoms with Crippen molar-refractivity contribution in [2.45, 2.75) is 0 Å². The minimum absolute atomic E-state index is 0.278. The number of hydrogen-bond acceptors (Lipinski definition) is 3. The van der Waals surface area contributed by atoms with Crippen LogP contribution in [0.2, 0.25) is 0 Å². The van der Waals surface area contributed by atoms with Crippen molar-refractivity contribution >= 4 is 11.7 Å². The molecule has 2 N–H and O–H groups in total. The predicted octanol–water partition coefficient (Wildman–Crippen LogP) is 1.68. The van der Waals surface area contributed by atoms with Crippen molar-refractivity contribution in [1.82, 2.24) is 0 Å². The Morgan fingerprint density at radius 3 is 2.29 bits per heavy atom. The summed E-state index contributed by atoms with van der Waals surface area (Å²) in [4.78, 5) is 10.2. The lowest BCUT2D eigenvalue weighted by atomic mass is 10.2. The number of benzene rings is 1. The summed E-state index contributed by atoms with van der Waals surface area (Å²) in [7, 11) is 1.53. The van der Waals surface area contributed by atoms with Gasteiger partial charge in [0.25, 0.3) is 0 Å². The molecule has 14 heavy (non-hydrogen) atoms. The molecule has 0 atom stereocenters. The molecule has 1 aromatic carbocycles. The zero-order valence-electron chi connectivity index (χ0n) is 7.60. The Morgan fingerprint density at radius 1 is 1.29 bits per heavy atom. The van der Waals surface area contributed by atoms with Crippen LogP contribution in [0.1, 0.15) is 5.56 Å². The van der Waals surface area contributed by atoms with Gasteiger partial charge >= 0.3 is 5.97 Å². The van der Waals surface area contributed by atoms with Crippen LogP contribution < -0.4 is 4.74 Å². The molecule has 0 bridgehead atoms. The molecule has 0 unspecified atom stereocenters. The van der Waals surface area contributed by atoms with E-state index in [-0.39, 0.29) is 5.76 Å². The topological polar surface area (TPSA) is 66.8 Å². The summed E-state index contributed by atoms with van der Waals surface area (Å²) in [6.07, 6.45) is 0.738. The molecule has 0 saturated carbocycles. The molecule has 0 saturated heterocycles. The van der Waals surface area contributed by atoms with Crippen molar-refractivity contribution in [3.05, 3.63) is 35.9 Å². The fraction of sp³-hybridized carbons (Fsp3) is 0.100. The molecule has 0 aliphatic heterocycles. The lowest BCUT2D eigenvalue weighted by molar-refractivity contribution is -0.131. The highest BCUT2D eigenvalue weighted by Crippen LogP contribution is 2.16. The Bertz CT molecular complexity index is 351. The molecule has 0 amide bonds. The van der Waals surface area contributed by atoms with Crippen LogP contribution in [0.3, 0.4) is 0 Å². The third kappa shape index (κ3) is 2.52. The van der Waals surface area contributed by atoms with Gasteiger partial charge in [0.05, 0.1) is 13.2 Å². The van der Waals surface area contributed by atoms with E-state index < -0.39 is 5.97 Å². The maximum atomic E-state index is 10.2. The highest BCUT2D eigenvalue weighted by molar-refractivity contribution is 5.87. The van der Waals surface area contributed by atoms with Crippen LogP contribution in [0, 0.1) is 0 Å². The molecule has 0 aromatic heterocycles. The fourth-order valence-corrected chi connectivity index (χ4v) is 0.962. The summed E-state index contributed by atoms with van der Waals surface area (Å²) < 4.78 is 4.91. The normalized spacial score (nSPS) is 11.1. The van der Waals surface area contributed by atoms with Crippen LogP contribution in [0.4, 0.5) is 0 Å². The number of carboxylic acids is 1. The van der Waals surface area contributed by atoms with E-state index in [0.29, 0.717) is 11.3 Å². The Kier molecular flexibility index (Phi) is 3.12. The van der Waals surface area contributed by atoms with Crippen molar-refractivity contribution < 1.29 is 19.7 Å². The molecule has 74 valence electrons. The average Bonchev–Trinajstić information content (AvgIpc) is 2.17. The summed E-state index contributed by atoms with van der Waals surface area (Å²) in [5, 5.41) is 17.7. The molecule has 4 heteroatoms. The van der Waals surface area contributed by atoms with E-state index in [9.17, 15) is 9.90 Å². The zero-order chi connectivity index (χ0) is 10.6. The zero-order valence-corrected chi connectivity index (χ0v) is 7.60. The molecule has 0 spiro atoms. The van der Waals surface area contributed by atoms with Gasteiger partial charge in [0.1, 0.15) is 11.5 Å². The maximum absolute atomic E-state index is 10.2. The molecule has 0 heterocycles. The number of hydrogen-bond donors (Lipinski definition) is 2. The third-order valence-electron chi connectivity index (χ3n) is 1.65. The Balaban J connectivity index is 2.92. The van der Waals surface area contributed by atoms with Gasteiger partial charge in [-0.3, -0.25) is 0 Å². The lowest BCUT2D eigenvalue weighted by Gasteiger charge is -2.01. The van der Waals surface area contributed by atoms with Gasteiger partial charge in [0, 0.05) is 5.56 Å². The number of rotatable bonds is 3. The van der Waals surface area contributed by atoms with Gasteiger partial charge in [0.2, 0.25) is 0 Å². The minimum atomic E-state index is -1.18. The van der Waals surface area contributed by atoms with E-state index >= 15 is 0 Å². The number of aliphatic hydroxyl groups is 1. The van der Waals surface area contributed by atoms with Crippen molar-refractivity contribution in [3.8, 4) is 5.75 Å². The summed E-state index contributed by atoms with van der Waals surface area (Å²) in [6, 6.07) is 6.43. The molecular weight excluding hydrogens is 184 g/mol. The SMILES string of the molecule is COc1ccc(/C(O)=C/C(=O)O)cc1. The first-order chi connectivity index (χ1) is 6.63. The van der Waals surface area contributed by atoms with Crippen LogP contribution >= 0.6 is 0 Å². The smallest absolute Gasteiger partial charge is 0.332 e. The third-order valence-corrected chi connectivity index (χ3v) is 1.65. The molecule has 0 aliphatic carbocycles. The number of methoxy groups -OCH3 is 1. The van der Waals surface area contributed by atoms with E-state index in [1.54, 1.807) is 24.3 Å². The lowest BCUT2D eigenvalue weighted by Crippen LogP contribution is -1.92. The number of aliphatic carboxylic acids is 1. The van der Waals surface area contributed by atoms with E-state index in [1.165, 1.54) is 7.11 Å². The minimum Gasteiger partial charge on any atom is -0.507 e. The van der Waals surface area contributed by atoms with E-state index in [0.717, 1.165) is 6.08 Å². The van der Waals surface area contributed by atoms with Gasteiger partial charge in [-0.05, 0) is 24.3 Å². The Labute approximate surface area is 81.1 Å². The number of ether oxygens (including phenoxy) is 1. The second kappa shape index (κ2) is 4.32. The standard InChI is InChI=1S/C10H10O4/c1-14-8-4-2-7(3-5-8)9(11)6-10(12)13/h2-6,11H,1H3,(H,12,13)/b9-6-. The maximum Gasteiger partial charge on any atom is 0.332 e. The van der Waals surface area contributed by atoms with E-state index in [1.807, 2.05) is 0 Å². The first-order valence-corrected chi connectivity index (χ1v) is 3.91. The van der Waals surface area contributed by atoms with Crippen molar-refractivity contribution in [3.63, 3.8) is 0 Å². The fourth-order valence-electron chi connectivity index (χ4n) is 0.962. The molecule has 0 aliphatic rings. The second-order valence-electron chi connectivity index (χ2n) is 2.60. The second-order valence-corrected chi connectivity index (χ2v) is 2.60. The number of aliphatic hydroxyl groups excluding tert-OH is 1. The quantitative estimate of drug-likeness (QED) is 0.567. The molecule has 1 aromatic rings. The molecule has 4 nitrogen and oxygen atoms in total. The van der Waals surface area contributed by atoms with Crippen LogP contribution in [0.25, 0.3) is 5.76 Å². The van der Waals surface area contributed by atoms with E-state index in [2.05, 4.69) is 0 Å². The average molecular weight is 194 g/mol. The van der Waals surface area contributed by atoms with Gasteiger partial charge in [-0.15, -0.1) is 0 Å². The summed E-state index contributed by atoms with van der Waals surface area (Å²) >= 11 is 0. The predicted molar refractivity (Wildman–Crippen MR) is 51.2 cm³/mol. The monoisotopic (exact) mass is 194 g/mol. The van der Waals surface area contributed by atoms with Crippen LogP contribution in [-0.2, 0) is 4.79 Å². The van der Waals surface area contributed by atoms with Gasteiger partial charge in [-0.1, -0.05) is 0 Å². The molecular formula is C10H10O4. The first-order valence-electron chi connectivity index (χ1n) is 3.91. The van der Waals surface area contributed by atoms with Gasteiger partial charge in [-0.25, -0.2) is 4.79 Å². The summed E-state index contributed by atoms with van der Waals surface area (Å²) in [6.45, 7) is 0. The molecule has 0 fully saturated rings. The van der Waals surface area contributed by atoms with Crippen LogP contribution in [0.5, 0.6) is 5.75 Å². The van der Waals surface area contributed by atoms with Gasteiger partial charge in [0.15, 0.2) is 0 Å². The first kappa shape index (κ1) is 10.1. The van der Waals surface area contributed by atoms with Crippen molar-refractivity contribution in [1.29, 1.82) is 0 Å². The molecule has 0 radical (unpaired) electrons. The number of carboxylic acid groups (broad SMARTS) is 1. The van der Waals surface area contributed by atoms with Crippen molar-refractivity contribution in [2.75, 3.05) is 7.11 Å². The Morgan fingerprint density at radius 2 is 1.86 bits per heavy atom. The summed E-state index contributed by atoms with van der Waals surface area (Å²) in [5.41, 5.74) is 0.438. The van der Waals surface area contributed by atoms with Gasteiger partial charge in [-0.2, -0.15) is 0 Å². The number of carbonyl (C=O) groups is 1. The highest BCUT2D eigenvalue weighted by Gasteiger charge is 2.01. The van der Waals surface area contributed by atoms with Crippen LogP contribution in [-0.4, -0.2) is 23.3 Å². The van der Waals surface area contributed by atoms with E-state index in [4.69, 9.17) is 9.84 Å². The van der Waals surface area contributed by atoms with Crippen LogP contribution in [0.15, 0.2) is 30.3 Å². The summed E-state index contributed by atoms with van der Waals surface area (Å²) in [5.74, 6) is -0.810. The largest absolute Gasteiger partial charge is 0.507 e. The van der Waals surface area contributed by atoms with Crippen molar-refractivity contribution in [2.24, 2.45) is 0 Å². The Hall–Kier alpha value is -1.97. The molecule has 1 rings (SSSR count). The highest BCUT2D eigenvalue weighted by atomic mass is 16.5. The van der Waals surface area contributed by atoms with Gasteiger partial charge < -0.3 is 14.9 Å².